The maximum Gasteiger partial charge on any atom is 0.0923 e. The lowest BCUT2D eigenvalue weighted by atomic mass is 10.4. The van der Waals surface area contributed by atoms with Gasteiger partial charge in [-0.25, -0.2) is 0 Å². The van der Waals surface area contributed by atoms with Gasteiger partial charge in [0, 0.05) is 19.3 Å². The minimum Gasteiger partial charge on any atom is -0.153 e. The van der Waals surface area contributed by atoms with Crippen LogP contribution in [0.2, 0.25) is 39.3 Å². The van der Waals surface area contributed by atoms with E-state index in [-0.39, 0.29) is 0 Å². The Morgan fingerprint density at radius 3 is 1.95 bits per heavy atom. The molecule has 0 saturated carbocycles. The molecule has 6 heteroatoms. The van der Waals surface area contributed by atoms with Crippen LogP contribution in [0.3, 0.4) is 0 Å². The Morgan fingerprint density at radius 1 is 0.800 bits per heavy atom. The van der Waals surface area contributed by atoms with Crippen molar-refractivity contribution in [1.29, 1.82) is 0 Å². The average Bonchev–Trinajstić information content (AvgIpc) is 2.82. The number of fused-ring (bicyclic) bond motifs is 3. The van der Waals surface area contributed by atoms with Gasteiger partial charge < -0.3 is 0 Å². The van der Waals surface area contributed by atoms with Gasteiger partial charge in [-0.3, -0.25) is 0 Å². The zero-order chi connectivity index (χ0) is 14.9. The van der Waals surface area contributed by atoms with E-state index >= 15 is 0 Å². The van der Waals surface area contributed by atoms with Crippen molar-refractivity contribution < 1.29 is 0 Å². The molecule has 0 N–H and O–H groups in total. The number of thiophene rings is 3. The van der Waals surface area contributed by atoms with E-state index in [1.54, 1.807) is 19.1 Å². The van der Waals surface area contributed by atoms with E-state index in [1.165, 1.54) is 13.2 Å². The molecule has 0 aliphatic carbocycles. The lowest BCUT2D eigenvalue weighted by molar-refractivity contribution is 1.81. The second kappa shape index (κ2) is 4.76. The molecule has 0 bridgehead atoms. The largest absolute Gasteiger partial charge is 0.153 e. The molecular weight excluding hydrogens is 400 g/mol. The molecule has 108 valence electrons. The lowest BCUT2D eigenvalue weighted by Gasteiger charge is -2.16. The van der Waals surface area contributed by atoms with Gasteiger partial charge in [0.2, 0.25) is 0 Å². The third-order valence-electron chi connectivity index (χ3n) is 3.33. The summed E-state index contributed by atoms with van der Waals surface area (Å²) in [5.41, 5.74) is 0. The Bertz CT molecular complexity index is 796. The molecule has 0 unspecified atom stereocenters. The highest BCUT2D eigenvalue weighted by Gasteiger charge is 2.31. The topological polar surface area (TPSA) is 0 Å². The van der Waals surface area contributed by atoms with Crippen LogP contribution in [-0.2, 0) is 0 Å². The molecule has 0 fully saturated rings. The third-order valence-corrected chi connectivity index (χ3v) is 14.9. The van der Waals surface area contributed by atoms with E-state index in [0.29, 0.717) is 0 Å². The van der Waals surface area contributed by atoms with Crippen LogP contribution in [0.25, 0.3) is 19.5 Å². The molecule has 0 amide bonds. The van der Waals surface area contributed by atoms with Crippen LogP contribution < -0.4 is 9.00 Å². The molecule has 0 radical (unpaired) electrons. The summed E-state index contributed by atoms with van der Waals surface area (Å²) in [4.78, 5) is 0. The molecule has 3 aromatic rings. The first-order valence-electron chi connectivity index (χ1n) is 6.74. The smallest absolute Gasteiger partial charge is 0.0923 e. The first-order chi connectivity index (χ1) is 9.09. The predicted molar refractivity (Wildman–Crippen MR) is 109 cm³/mol. The van der Waals surface area contributed by atoms with E-state index in [0.717, 1.165) is 0 Å². The van der Waals surface area contributed by atoms with Crippen molar-refractivity contribution in [1.82, 2.24) is 0 Å². The zero-order valence-corrected chi connectivity index (χ0v) is 18.7. The molecule has 0 aliphatic heterocycles. The number of hydrogen-bond acceptors (Lipinski definition) is 3. The molecule has 3 aromatic heterocycles. The van der Waals surface area contributed by atoms with Crippen molar-refractivity contribution in [3.8, 4) is 0 Å². The Morgan fingerprint density at radius 2 is 1.40 bits per heavy atom. The van der Waals surface area contributed by atoms with Gasteiger partial charge in [0.05, 0.1) is 24.6 Å². The van der Waals surface area contributed by atoms with Crippen LogP contribution in [0.1, 0.15) is 0 Å². The molecule has 0 nitrogen and oxygen atoms in total. The van der Waals surface area contributed by atoms with Gasteiger partial charge in [0.15, 0.2) is 0 Å². The second-order valence-corrected chi connectivity index (χ2v) is 22.5. The first-order valence-corrected chi connectivity index (χ1v) is 17.0. The number of halogens is 1. The fraction of sp³-hybridized carbons (Fsp3) is 0.429. The molecule has 0 spiro atoms. The van der Waals surface area contributed by atoms with E-state index < -0.39 is 16.1 Å². The lowest BCUT2D eigenvalue weighted by Crippen LogP contribution is -2.38. The highest BCUT2D eigenvalue weighted by Crippen LogP contribution is 2.42. The number of rotatable bonds is 2. The summed E-state index contributed by atoms with van der Waals surface area (Å²) in [6, 6.07) is 2.30. The van der Waals surface area contributed by atoms with Gasteiger partial charge in [0.1, 0.15) is 0 Å². The summed E-state index contributed by atoms with van der Waals surface area (Å²) >= 11 is 9.74. The van der Waals surface area contributed by atoms with Crippen molar-refractivity contribution in [3.63, 3.8) is 0 Å². The maximum absolute atomic E-state index is 3.66. The minimum absolute atomic E-state index is 1.26. The molecule has 0 aromatic carbocycles. The standard InChI is InChI=1S/C14H19BrS3Si2/c1-19(2,3)13-10-11-8(7-9(15)17-11)16-12(10)14(18-13)20(4,5)6/h7H,1-6H3. The summed E-state index contributed by atoms with van der Waals surface area (Å²) in [5, 5.41) is 1.61. The molecule has 0 aliphatic rings. The van der Waals surface area contributed by atoms with Crippen molar-refractivity contribution >= 4 is 94.6 Å². The summed E-state index contributed by atoms with van der Waals surface area (Å²) < 4.78 is 9.30. The van der Waals surface area contributed by atoms with Crippen LogP contribution in [0, 0.1) is 0 Å². The Kier molecular flexibility index (Phi) is 3.67. The van der Waals surface area contributed by atoms with E-state index in [2.05, 4.69) is 72.6 Å². The van der Waals surface area contributed by atoms with Crippen molar-refractivity contribution in [2.75, 3.05) is 0 Å². The quantitative estimate of drug-likeness (QED) is 0.445. The SMILES string of the molecule is C[Si](C)(C)c1sc([Si](C)(C)C)c2c1sc1cc(Br)sc12. The minimum atomic E-state index is -1.29. The van der Waals surface area contributed by atoms with Gasteiger partial charge in [0.25, 0.3) is 0 Å². The molecule has 20 heavy (non-hydrogen) atoms. The van der Waals surface area contributed by atoms with Crippen LogP contribution in [0.5, 0.6) is 0 Å². The summed E-state index contributed by atoms with van der Waals surface area (Å²) in [5.74, 6) is 0. The fourth-order valence-corrected chi connectivity index (χ4v) is 13.0. The van der Waals surface area contributed by atoms with Gasteiger partial charge >= 0.3 is 0 Å². The van der Waals surface area contributed by atoms with Crippen molar-refractivity contribution in [2.45, 2.75) is 39.3 Å². The van der Waals surface area contributed by atoms with Gasteiger partial charge in [-0.15, -0.1) is 22.7 Å². The maximum atomic E-state index is 3.66. The van der Waals surface area contributed by atoms with Gasteiger partial charge in [-0.2, -0.15) is 11.3 Å². The van der Waals surface area contributed by atoms with Crippen molar-refractivity contribution in [3.05, 3.63) is 9.85 Å². The van der Waals surface area contributed by atoms with Crippen LogP contribution in [0.15, 0.2) is 9.85 Å². The highest BCUT2D eigenvalue weighted by molar-refractivity contribution is 9.11. The third kappa shape index (κ3) is 2.42. The van der Waals surface area contributed by atoms with E-state index in [9.17, 15) is 0 Å². The fourth-order valence-electron chi connectivity index (χ4n) is 2.45. The first kappa shape index (κ1) is 15.4. The predicted octanol–water partition coefficient (Wildman–Crippen LogP) is 6.03. The van der Waals surface area contributed by atoms with Gasteiger partial charge in [-0.1, -0.05) is 39.3 Å². The molecule has 0 atom stereocenters. The summed E-state index contributed by atoms with van der Waals surface area (Å²) in [6.07, 6.45) is 0. The molecular formula is C14H19BrS3Si2. The van der Waals surface area contributed by atoms with Gasteiger partial charge in [-0.05, 0) is 26.5 Å². The highest BCUT2D eigenvalue weighted by atomic mass is 79.9. The average molecular weight is 420 g/mol. The Balaban J connectivity index is 2.48. The monoisotopic (exact) mass is 418 g/mol. The van der Waals surface area contributed by atoms with Crippen molar-refractivity contribution in [2.24, 2.45) is 0 Å². The second-order valence-electron chi connectivity index (χ2n) is 7.31. The van der Waals surface area contributed by atoms with Crippen LogP contribution in [0.4, 0.5) is 0 Å². The number of hydrogen-bond donors (Lipinski definition) is 0. The zero-order valence-electron chi connectivity index (χ0n) is 12.7. The molecule has 0 saturated heterocycles. The molecule has 3 rings (SSSR count). The normalized spacial score (nSPS) is 13.8. The Hall–Kier alpha value is 0.534. The summed E-state index contributed by atoms with van der Waals surface area (Å²) in [7, 11) is -2.55. The summed E-state index contributed by atoms with van der Waals surface area (Å²) in [6.45, 7) is 14.9. The van der Waals surface area contributed by atoms with E-state index in [1.807, 2.05) is 22.7 Å². The molecule has 3 heterocycles. The van der Waals surface area contributed by atoms with Crippen LogP contribution in [-0.4, -0.2) is 16.1 Å². The van der Waals surface area contributed by atoms with Crippen LogP contribution >= 0.6 is 49.9 Å². The Labute approximate surface area is 143 Å². The van der Waals surface area contributed by atoms with E-state index in [4.69, 9.17) is 0 Å².